The first kappa shape index (κ1) is 18.6. The van der Waals surface area contributed by atoms with Crippen LogP contribution < -0.4 is 10.6 Å². The van der Waals surface area contributed by atoms with Gasteiger partial charge in [-0.2, -0.15) is 0 Å². The molecule has 0 aromatic heterocycles. The second-order valence-electron chi connectivity index (χ2n) is 7.17. The van der Waals surface area contributed by atoms with E-state index in [1.165, 1.54) is 4.90 Å². The van der Waals surface area contributed by atoms with Gasteiger partial charge in [-0.3, -0.25) is 10.2 Å². The summed E-state index contributed by atoms with van der Waals surface area (Å²) in [5, 5.41) is 7.48. The molecule has 3 amide bonds. The molecule has 2 aromatic rings. The largest absolute Gasteiger partial charge is 0.384 e. The summed E-state index contributed by atoms with van der Waals surface area (Å²) in [5.41, 5.74) is 7.65. The van der Waals surface area contributed by atoms with Crippen molar-refractivity contribution in [1.82, 2.24) is 4.90 Å². The number of urea groups is 1. The molecule has 2 aromatic carbocycles. The molecule has 0 saturated carbocycles. The van der Waals surface area contributed by atoms with Crippen molar-refractivity contribution in [1.29, 1.82) is 5.41 Å². The number of carbonyl (C=O) groups is 2. The summed E-state index contributed by atoms with van der Waals surface area (Å²) < 4.78 is 0. The Kier molecular flexibility index (Phi) is 5.26. The predicted molar refractivity (Wildman–Crippen MR) is 106 cm³/mol. The maximum absolute atomic E-state index is 13.1. The zero-order chi connectivity index (χ0) is 19.6. The van der Waals surface area contributed by atoms with E-state index in [9.17, 15) is 9.59 Å². The third-order valence-corrected chi connectivity index (χ3v) is 4.59. The molecule has 1 atom stereocenters. The third kappa shape index (κ3) is 3.84. The highest BCUT2D eigenvalue weighted by atomic mass is 16.2. The van der Waals surface area contributed by atoms with E-state index in [-0.39, 0.29) is 23.7 Å². The Labute approximate surface area is 159 Å². The maximum atomic E-state index is 13.1. The number of nitrogens with two attached hydrogens (primary N) is 1. The maximum Gasteiger partial charge on any atom is 0.332 e. The lowest BCUT2D eigenvalue weighted by atomic mass is 10.0. The molecule has 6 nitrogen and oxygen atoms in total. The SMILES string of the molecule is CC(C)CN1C(=O)N(c2ccccc2)C(=O)[C@@H]1Cc1ccc(C(=N)N)cc1. The Balaban J connectivity index is 1.89. The Morgan fingerprint density at radius 3 is 2.26 bits per heavy atom. The number of amides is 3. The lowest BCUT2D eigenvalue weighted by Crippen LogP contribution is -2.39. The molecular weight excluding hydrogens is 340 g/mol. The van der Waals surface area contributed by atoms with Gasteiger partial charge in [0, 0.05) is 18.5 Å². The summed E-state index contributed by atoms with van der Waals surface area (Å²) in [6, 6.07) is 15.5. The van der Waals surface area contributed by atoms with Gasteiger partial charge in [0.05, 0.1) is 5.69 Å². The smallest absolute Gasteiger partial charge is 0.332 e. The normalized spacial score (nSPS) is 17.1. The highest BCUT2D eigenvalue weighted by molar-refractivity contribution is 6.21. The number of para-hydroxylation sites is 1. The average molecular weight is 364 g/mol. The number of carbonyl (C=O) groups excluding carboxylic acids is 2. The Morgan fingerprint density at radius 2 is 1.70 bits per heavy atom. The molecule has 1 aliphatic rings. The van der Waals surface area contributed by atoms with E-state index in [0.29, 0.717) is 24.2 Å². The molecule has 1 aliphatic heterocycles. The van der Waals surface area contributed by atoms with E-state index in [1.807, 2.05) is 44.2 Å². The number of rotatable bonds is 6. The Bertz CT molecular complexity index is 846. The van der Waals surface area contributed by atoms with Crippen LogP contribution in [-0.4, -0.2) is 35.3 Å². The lowest BCUT2D eigenvalue weighted by Gasteiger charge is -2.23. The molecule has 27 heavy (non-hydrogen) atoms. The molecule has 0 unspecified atom stereocenters. The van der Waals surface area contributed by atoms with Gasteiger partial charge in [0.2, 0.25) is 0 Å². The van der Waals surface area contributed by atoms with E-state index in [4.69, 9.17) is 11.1 Å². The van der Waals surface area contributed by atoms with Gasteiger partial charge in [0.25, 0.3) is 5.91 Å². The molecule has 0 radical (unpaired) electrons. The zero-order valence-electron chi connectivity index (χ0n) is 15.6. The number of nitrogens with zero attached hydrogens (tertiary/aromatic N) is 2. The van der Waals surface area contributed by atoms with E-state index in [0.717, 1.165) is 5.56 Å². The highest BCUT2D eigenvalue weighted by Gasteiger charge is 2.45. The third-order valence-electron chi connectivity index (χ3n) is 4.59. The molecule has 0 bridgehead atoms. The van der Waals surface area contributed by atoms with E-state index < -0.39 is 6.04 Å². The van der Waals surface area contributed by atoms with Gasteiger partial charge in [0.1, 0.15) is 11.9 Å². The van der Waals surface area contributed by atoms with Gasteiger partial charge in [-0.05, 0) is 23.6 Å². The summed E-state index contributed by atoms with van der Waals surface area (Å²) in [7, 11) is 0. The Hall–Kier alpha value is -3.15. The van der Waals surface area contributed by atoms with E-state index in [2.05, 4.69) is 0 Å². The van der Waals surface area contributed by atoms with Crippen LogP contribution >= 0.6 is 0 Å². The molecule has 1 heterocycles. The number of nitrogen functional groups attached to an aromatic ring is 1. The van der Waals surface area contributed by atoms with E-state index >= 15 is 0 Å². The summed E-state index contributed by atoms with van der Waals surface area (Å²) in [6.45, 7) is 4.58. The van der Waals surface area contributed by atoms with Gasteiger partial charge >= 0.3 is 6.03 Å². The molecule has 1 fully saturated rings. The topological polar surface area (TPSA) is 90.5 Å². The fraction of sp³-hybridized carbons (Fsp3) is 0.286. The number of hydrogen-bond acceptors (Lipinski definition) is 3. The van der Waals surface area contributed by atoms with Gasteiger partial charge in [0.15, 0.2) is 0 Å². The van der Waals surface area contributed by atoms with Crippen molar-refractivity contribution < 1.29 is 9.59 Å². The molecule has 1 saturated heterocycles. The first-order chi connectivity index (χ1) is 12.9. The minimum atomic E-state index is -0.539. The van der Waals surface area contributed by atoms with Crippen molar-refractivity contribution in [2.45, 2.75) is 26.3 Å². The molecule has 3 N–H and O–H groups in total. The number of benzene rings is 2. The molecule has 140 valence electrons. The van der Waals surface area contributed by atoms with Crippen LogP contribution in [0.1, 0.15) is 25.0 Å². The number of anilines is 1. The minimum Gasteiger partial charge on any atom is -0.384 e. The van der Waals surface area contributed by atoms with Gasteiger partial charge in [-0.1, -0.05) is 56.3 Å². The summed E-state index contributed by atoms with van der Waals surface area (Å²) in [6.07, 6.45) is 0.429. The van der Waals surface area contributed by atoms with Crippen LogP contribution in [0.15, 0.2) is 54.6 Å². The molecule has 3 rings (SSSR count). The quantitative estimate of drug-likeness (QED) is 0.469. The second-order valence-corrected chi connectivity index (χ2v) is 7.17. The van der Waals surface area contributed by atoms with Crippen molar-refractivity contribution in [3.63, 3.8) is 0 Å². The van der Waals surface area contributed by atoms with Crippen molar-refractivity contribution >= 4 is 23.5 Å². The Morgan fingerprint density at radius 1 is 1.07 bits per heavy atom. The minimum absolute atomic E-state index is 0.00496. The predicted octanol–water partition coefficient (Wildman–Crippen LogP) is 3.01. The lowest BCUT2D eigenvalue weighted by molar-refractivity contribution is -0.119. The fourth-order valence-corrected chi connectivity index (χ4v) is 3.29. The summed E-state index contributed by atoms with van der Waals surface area (Å²) in [4.78, 5) is 29.0. The van der Waals surface area contributed by atoms with Crippen LogP contribution in [0.25, 0.3) is 0 Å². The van der Waals surface area contributed by atoms with Crippen LogP contribution in [0.4, 0.5) is 10.5 Å². The monoisotopic (exact) mass is 364 g/mol. The summed E-state index contributed by atoms with van der Waals surface area (Å²) in [5.74, 6) is 0.0490. The van der Waals surface area contributed by atoms with E-state index in [1.54, 1.807) is 29.2 Å². The molecular formula is C21H24N4O2. The average Bonchev–Trinajstić information content (AvgIpc) is 2.86. The van der Waals surface area contributed by atoms with Crippen LogP contribution in [-0.2, 0) is 11.2 Å². The van der Waals surface area contributed by atoms with Crippen molar-refractivity contribution in [2.75, 3.05) is 11.4 Å². The number of nitrogens with one attached hydrogen (secondary N) is 1. The van der Waals surface area contributed by atoms with Crippen LogP contribution in [0.3, 0.4) is 0 Å². The van der Waals surface area contributed by atoms with Crippen molar-refractivity contribution in [3.8, 4) is 0 Å². The number of hydrogen-bond donors (Lipinski definition) is 2. The fourth-order valence-electron chi connectivity index (χ4n) is 3.29. The number of imide groups is 1. The van der Waals surface area contributed by atoms with Gasteiger partial charge in [-0.25, -0.2) is 9.69 Å². The highest BCUT2D eigenvalue weighted by Crippen LogP contribution is 2.27. The first-order valence-corrected chi connectivity index (χ1v) is 9.01. The van der Waals surface area contributed by atoms with Crippen molar-refractivity contribution in [2.24, 2.45) is 11.7 Å². The van der Waals surface area contributed by atoms with Crippen molar-refractivity contribution in [3.05, 3.63) is 65.7 Å². The molecule has 0 aliphatic carbocycles. The molecule has 0 spiro atoms. The second kappa shape index (κ2) is 7.61. The summed E-state index contributed by atoms with van der Waals surface area (Å²) >= 11 is 0. The van der Waals surface area contributed by atoms with Crippen LogP contribution in [0, 0.1) is 11.3 Å². The van der Waals surface area contributed by atoms with Crippen LogP contribution in [0.5, 0.6) is 0 Å². The number of amidine groups is 1. The van der Waals surface area contributed by atoms with Gasteiger partial charge in [-0.15, -0.1) is 0 Å². The molecule has 6 heteroatoms. The van der Waals surface area contributed by atoms with Crippen LogP contribution in [0.2, 0.25) is 0 Å². The standard InChI is InChI=1S/C21H24N4O2/c1-14(2)13-24-18(12-15-8-10-16(11-9-15)19(22)23)20(26)25(21(24)27)17-6-4-3-5-7-17/h3-11,14,18H,12-13H2,1-2H3,(H3,22,23)/t18-/m0/s1. The zero-order valence-corrected chi connectivity index (χ0v) is 15.6. The first-order valence-electron chi connectivity index (χ1n) is 9.01. The van der Waals surface area contributed by atoms with Gasteiger partial charge < -0.3 is 10.6 Å².